The number of hydrogen-bond donors (Lipinski definition) is 4. The highest BCUT2D eigenvalue weighted by atomic mass is 16.4. The van der Waals surface area contributed by atoms with Crippen molar-refractivity contribution in [3.8, 4) is 5.75 Å². The van der Waals surface area contributed by atoms with Crippen LogP contribution in [0.25, 0.3) is 0 Å². The Labute approximate surface area is 118 Å². The molecule has 0 saturated heterocycles. The van der Waals surface area contributed by atoms with Gasteiger partial charge in [-0.05, 0) is 5.56 Å². The van der Waals surface area contributed by atoms with Gasteiger partial charge in [0.25, 0.3) is 11.5 Å². The molecule has 0 unspecified atom stereocenters. The van der Waals surface area contributed by atoms with Gasteiger partial charge in [-0.25, -0.2) is 4.79 Å². The summed E-state index contributed by atoms with van der Waals surface area (Å²) in [5.74, 6) is -2.56. The van der Waals surface area contributed by atoms with Gasteiger partial charge in [0.05, 0.1) is 5.56 Å². The molecule has 0 bridgehead atoms. The summed E-state index contributed by atoms with van der Waals surface area (Å²) < 4.78 is 0. The maximum Gasteiger partial charge on any atom is 0.330 e. The number of carboxylic acid groups (broad SMARTS) is 1. The number of aliphatic carboxylic acids is 1. The first kappa shape index (κ1) is 14.3. The number of nitrogens with one attached hydrogen (secondary N) is 2. The Morgan fingerprint density at radius 1 is 1.19 bits per heavy atom. The lowest BCUT2D eigenvalue weighted by molar-refractivity contribution is -0.139. The summed E-state index contributed by atoms with van der Waals surface area (Å²) >= 11 is 0. The van der Waals surface area contributed by atoms with Crippen molar-refractivity contribution < 1.29 is 19.8 Å². The Hall–Kier alpha value is -3.09. The van der Waals surface area contributed by atoms with Crippen molar-refractivity contribution in [1.29, 1.82) is 0 Å². The first-order valence-corrected chi connectivity index (χ1v) is 5.99. The largest absolute Gasteiger partial charge is 0.507 e. The molecule has 0 aliphatic heterocycles. The molecule has 1 heterocycles. The van der Waals surface area contributed by atoms with Crippen molar-refractivity contribution >= 4 is 11.9 Å². The van der Waals surface area contributed by atoms with Crippen LogP contribution in [0.2, 0.25) is 0 Å². The normalized spacial score (nSPS) is 11.6. The summed E-state index contributed by atoms with van der Waals surface area (Å²) in [5.41, 5.74) is -0.388. The molecule has 2 rings (SSSR count). The molecule has 7 heteroatoms. The van der Waals surface area contributed by atoms with E-state index in [0.29, 0.717) is 5.56 Å². The summed E-state index contributed by atoms with van der Waals surface area (Å²) in [5, 5.41) is 21.0. The first-order valence-electron chi connectivity index (χ1n) is 5.99. The molecular weight excluding hydrogens is 276 g/mol. The maximum absolute atomic E-state index is 12.0. The van der Waals surface area contributed by atoms with Crippen molar-refractivity contribution in [2.75, 3.05) is 0 Å². The zero-order valence-corrected chi connectivity index (χ0v) is 10.7. The van der Waals surface area contributed by atoms with E-state index in [2.05, 4.69) is 10.3 Å². The minimum absolute atomic E-state index is 0.211. The number of aromatic nitrogens is 1. The number of aromatic amines is 1. The fraction of sp³-hybridized carbons (Fsp3) is 0.0714. The second-order valence-electron chi connectivity index (χ2n) is 4.25. The van der Waals surface area contributed by atoms with Crippen LogP contribution in [-0.2, 0) is 4.79 Å². The number of carbonyl (C=O) groups is 2. The van der Waals surface area contributed by atoms with Crippen LogP contribution >= 0.6 is 0 Å². The molecule has 1 aromatic carbocycles. The number of benzene rings is 1. The summed E-state index contributed by atoms with van der Waals surface area (Å²) in [6.45, 7) is 0. The molecule has 21 heavy (non-hydrogen) atoms. The van der Waals surface area contributed by atoms with Crippen LogP contribution in [0.5, 0.6) is 5.75 Å². The van der Waals surface area contributed by atoms with E-state index in [0.717, 1.165) is 12.3 Å². The van der Waals surface area contributed by atoms with Crippen LogP contribution in [0.15, 0.2) is 47.4 Å². The minimum atomic E-state index is -1.26. The van der Waals surface area contributed by atoms with Crippen LogP contribution in [0, 0.1) is 0 Å². The van der Waals surface area contributed by atoms with Crippen LogP contribution in [-0.4, -0.2) is 27.1 Å². The molecule has 0 saturated carbocycles. The number of carboxylic acids is 1. The Morgan fingerprint density at radius 3 is 2.43 bits per heavy atom. The Kier molecular flexibility index (Phi) is 4.03. The molecule has 0 fully saturated rings. The van der Waals surface area contributed by atoms with E-state index < -0.39 is 29.2 Å². The van der Waals surface area contributed by atoms with Crippen LogP contribution in [0.1, 0.15) is 22.0 Å². The van der Waals surface area contributed by atoms with E-state index in [1.54, 1.807) is 30.3 Å². The number of amides is 1. The van der Waals surface area contributed by atoms with Gasteiger partial charge in [-0.2, -0.15) is 0 Å². The highest BCUT2D eigenvalue weighted by Gasteiger charge is 2.23. The minimum Gasteiger partial charge on any atom is -0.507 e. The topological polar surface area (TPSA) is 119 Å². The molecule has 0 spiro atoms. The van der Waals surface area contributed by atoms with Crippen molar-refractivity contribution in [1.82, 2.24) is 10.3 Å². The molecule has 108 valence electrons. The molecule has 0 aliphatic rings. The summed E-state index contributed by atoms with van der Waals surface area (Å²) in [6, 6.07) is 7.72. The van der Waals surface area contributed by atoms with Crippen LogP contribution < -0.4 is 10.9 Å². The van der Waals surface area contributed by atoms with E-state index >= 15 is 0 Å². The Morgan fingerprint density at radius 2 is 1.86 bits per heavy atom. The van der Waals surface area contributed by atoms with E-state index in [4.69, 9.17) is 0 Å². The SMILES string of the molecule is O=C(N[C@@H](C(=O)O)c1ccccc1)c1c[nH]c(=O)cc1O. The lowest BCUT2D eigenvalue weighted by Gasteiger charge is -2.15. The van der Waals surface area contributed by atoms with Crippen molar-refractivity contribution in [3.05, 3.63) is 64.1 Å². The fourth-order valence-electron chi connectivity index (χ4n) is 1.78. The summed E-state index contributed by atoms with van der Waals surface area (Å²) in [6.07, 6.45) is 1.02. The number of rotatable bonds is 4. The van der Waals surface area contributed by atoms with Gasteiger partial charge < -0.3 is 20.5 Å². The van der Waals surface area contributed by atoms with Gasteiger partial charge in [-0.15, -0.1) is 0 Å². The zero-order valence-electron chi connectivity index (χ0n) is 10.7. The number of aromatic hydroxyl groups is 1. The van der Waals surface area contributed by atoms with Gasteiger partial charge in [-0.3, -0.25) is 9.59 Å². The van der Waals surface area contributed by atoms with Crippen LogP contribution in [0.3, 0.4) is 0 Å². The predicted octanol–water partition coefficient (Wildman–Crippen LogP) is 0.636. The van der Waals surface area contributed by atoms with E-state index in [1.807, 2.05) is 0 Å². The monoisotopic (exact) mass is 288 g/mol. The lowest BCUT2D eigenvalue weighted by Crippen LogP contribution is -2.34. The Balaban J connectivity index is 2.27. The van der Waals surface area contributed by atoms with E-state index in [-0.39, 0.29) is 5.56 Å². The average Bonchev–Trinajstić information content (AvgIpc) is 2.45. The van der Waals surface area contributed by atoms with Crippen LogP contribution in [0.4, 0.5) is 0 Å². The second-order valence-corrected chi connectivity index (χ2v) is 4.25. The molecular formula is C14H12N2O5. The van der Waals surface area contributed by atoms with Gasteiger partial charge in [0.15, 0.2) is 6.04 Å². The Bertz CT molecular complexity index is 724. The van der Waals surface area contributed by atoms with Gasteiger partial charge in [0, 0.05) is 12.3 Å². The van der Waals surface area contributed by atoms with Gasteiger partial charge in [0.2, 0.25) is 0 Å². The van der Waals surface area contributed by atoms with Crippen molar-refractivity contribution in [3.63, 3.8) is 0 Å². The third-order valence-corrected chi connectivity index (χ3v) is 2.80. The third kappa shape index (κ3) is 3.27. The van der Waals surface area contributed by atoms with Gasteiger partial charge >= 0.3 is 5.97 Å². The summed E-state index contributed by atoms with van der Waals surface area (Å²) in [7, 11) is 0. The average molecular weight is 288 g/mol. The summed E-state index contributed by atoms with van der Waals surface area (Å²) in [4.78, 5) is 36.5. The fourth-order valence-corrected chi connectivity index (χ4v) is 1.78. The molecule has 0 radical (unpaired) electrons. The van der Waals surface area contributed by atoms with Crippen molar-refractivity contribution in [2.45, 2.75) is 6.04 Å². The number of H-pyrrole nitrogens is 1. The van der Waals surface area contributed by atoms with Gasteiger partial charge in [-0.1, -0.05) is 30.3 Å². The maximum atomic E-state index is 12.0. The third-order valence-electron chi connectivity index (χ3n) is 2.80. The number of hydrogen-bond acceptors (Lipinski definition) is 4. The highest BCUT2D eigenvalue weighted by molar-refractivity contribution is 5.98. The zero-order chi connectivity index (χ0) is 15.4. The quantitative estimate of drug-likeness (QED) is 0.658. The van der Waals surface area contributed by atoms with E-state index in [1.165, 1.54) is 0 Å². The molecule has 2 aromatic rings. The second kappa shape index (κ2) is 5.91. The van der Waals surface area contributed by atoms with Gasteiger partial charge in [0.1, 0.15) is 5.75 Å². The number of carbonyl (C=O) groups excluding carboxylic acids is 1. The van der Waals surface area contributed by atoms with Crippen molar-refractivity contribution in [2.24, 2.45) is 0 Å². The molecule has 1 amide bonds. The predicted molar refractivity (Wildman–Crippen MR) is 73.0 cm³/mol. The molecule has 0 aliphatic carbocycles. The number of pyridine rings is 1. The lowest BCUT2D eigenvalue weighted by atomic mass is 10.1. The molecule has 4 N–H and O–H groups in total. The smallest absolute Gasteiger partial charge is 0.330 e. The molecule has 1 atom stereocenters. The standard InChI is InChI=1S/C14H12N2O5/c17-10-6-11(18)15-7-9(10)13(19)16-12(14(20)21)8-4-2-1-3-5-8/h1-7,12H,(H,16,19)(H,20,21)(H2,15,17,18)/t12-/m1/s1. The highest BCUT2D eigenvalue weighted by Crippen LogP contribution is 2.16. The molecule has 1 aromatic heterocycles. The first-order chi connectivity index (χ1) is 9.99. The van der Waals surface area contributed by atoms with E-state index in [9.17, 15) is 24.6 Å². The molecule has 7 nitrogen and oxygen atoms in total.